The summed E-state index contributed by atoms with van der Waals surface area (Å²) in [5.41, 5.74) is 0. The van der Waals surface area contributed by atoms with Crippen LogP contribution < -0.4 is 5.32 Å². The Morgan fingerprint density at radius 3 is 2.36 bits per heavy atom. The SMILES string of the molecule is CCOC(=O)OC(C(Cl)(Cl)Cl)C(S)(S)C(=O)OC1CNC1=O. The third-order valence-electron chi connectivity index (χ3n) is 2.44. The Kier molecular flexibility index (Phi) is 6.82. The summed E-state index contributed by atoms with van der Waals surface area (Å²) in [4.78, 5) is 34.6. The molecule has 7 nitrogen and oxygen atoms in total. The zero-order valence-electron chi connectivity index (χ0n) is 11.0. The second-order valence-corrected chi connectivity index (χ2v) is 8.22. The molecule has 0 aromatic heterocycles. The van der Waals surface area contributed by atoms with Gasteiger partial charge in [-0.15, -0.1) is 25.3 Å². The van der Waals surface area contributed by atoms with Gasteiger partial charge in [0.25, 0.3) is 5.91 Å². The maximum atomic E-state index is 12.1. The molecule has 0 aromatic carbocycles. The summed E-state index contributed by atoms with van der Waals surface area (Å²) in [6.45, 7) is 1.67. The molecule has 1 amide bonds. The number of esters is 1. The number of carbonyl (C=O) groups is 3. The summed E-state index contributed by atoms with van der Waals surface area (Å²) in [6, 6.07) is 0. The molecule has 0 radical (unpaired) electrons. The monoisotopic (exact) mass is 411 g/mol. The van der Waals surface area contributed by atoms with Crippen LogP contribution in [0.25, 0.3) is 0 Å². The number of nitrogens with one attached hydrogen (secondary N) is 1. The summed E-state index contributed by atoms with van der Waals surface area (Å²) in [7, 11) is 0. The van der Waals surface area contributed by atoms with Crippen LogP contribution >= 0.6 is 60.1 Å². The highest BCUT2D eigenvalue weighted by Crippen LogP contribution is 2.43. The van der Waals surface area contributed by atoms with Gasteiger partial charge in [-0.25, -0.2) is 9.59 Å². The Morgan fingerprint density at radius 2 is 2.00 bits per heavy atom. The molecule has 1 N–H and O–H groups in total. The van der Waals surface area contributed by atoms with E-state index in [1.54, 1.807) is 0 Å². The molecule has 22 heavy (non-hydrogen) atoms. The lowest BCUT2D eigenvalue weighted by molar-refractivity contribution is -0.163. The topological polar surface area (TPSA) is 90.9 Å². The zero-order chi connectivity index (χ0) is 17.1. The first kappa shape index (κ1) is 19.8. The fourth-order valence-electron chi connectivity index (χ4n) is 1.31. The average Bonchev–Trinajstić information content (AvgIpc) is 2.39. The van der Waals surface area contributed by atoms with E-state index < -0.39 is 38.1 Å². The van der Waals surface area contributed by atoms with Crippen LogP contribution in [0.4, 0.5) is 4.79 Å². The zero-order valence-corrected chi connectivity index (χ0v) is 15.1. The van der Waals surface area contributed by atoms with Crippen LogP contribution in [0.5, 0.6) is 0 Å². The van der Waals surface area contributed by atoms with Crippen molar-refractivity contribution in [2.75, 3.05) is 13.2 Å². The first-order valence-corrected chi connectivity index (χ1v) is 7.86. The minimum absolute atomic E-state index is 0.00421. The van der Waals surface area contributed by atoms with Gasteiger partial charge in [-0.05, 0) is 6.92 Å². The number of β-lactam (4-membered cyclic amide) rings is 1. The van der Waals surface area contributed by atoms with Crippen molar-refractivity contribution in [1.29, 1.82) is 0 Å². The molecule has 1 heterocycles. The Labute approximate surface area is 152 Å². The first-order chi connectivity index (χ1) is 10.00. The summed E-state index contributed by atoms with van der Waals surface area (Å²) < 4.78 is 9.83. The summed E-state index contributed by atoms with van der Waals surface area (Å²) in [5.74, 6) is -1.60. The summed E-state index contributed by atoms with van der Waals surface area (Å²) in [5, 5.41) is 2.37. The third-order valence-corrected chi connectivity index (χ3v) is 3.87. The minimum Gasteiger partial charge on any atom is -0.449 e. The highest BCUT2D eigenvalue weighted by atomic mass is 35.6. The summed E-state index contributed by atoms with van der Waals surface area (Å²) >= 11 is 25.0. The van der Waals surface area contributed by atoms with Crippen LogP contribution in [-0.4, -0.2) is 51.3 Å². The molecule has 12 heteroatoms. The second-order valence-electron chi connectivity index (χ2n) is 4.09. The predicted molar refractivity (Wildman–Crippen MR) is 85.8 cm³/mol. The second kappa shape index (κ2) is 7.57. The van der Waals surface area contributed by atoms with E-state index in [1.165, 1.54) is 6.92 Å². The highest BCUT2D eigenvalue weighted by Gasteiger charge is 2.55. The van der Waals surface area contributed by atoms with Crippen molar-refractivity contribution in [1.82, 2.24) is 5.32 Å². The molecule has 0 aliphatic carbocycles. The van der Waals surface area contributed by atoms with Crippen LogP contribution in [0.15, 0.2) is 0 Å². The molecule has 1 aliphatic heterocycles. The number of ether oxygens (including phenoxy) is 3. The predicted octanol–water partition coefficient (Wildman–Crippen LogP) is 1.50. The average molecular weight is 413 g/mol. The lowest BCUT2D eigenvalue weighted by Gasteiger charge is -2.35. The van der Waals surface area contributed by atoms with Crippen molar-refractivity contribution in [3.05, 3.63) is 0 Å². The first-order valence-electron chi connectivity index (χ1n) is 5.83. The van der Waals surface area contributed by atoms with Gasteiger partial charge in [-0.3, -0.25) is 4.79 Å². The largest absolute Gasteiger partial charge is 0.508 e. The van der Waals surface area contributed by atoms with Crippen molar-refractivity contribution >= 4 is 78.1 Å². The molecule has 2 atom stereocenters. The van der Waals surface area contributed by atoms with E-state index in [4.69, 9.17) is 44.3 Å². The number of alkyl halides is 3. The number of rotatable bonds is 5. The lowest BCUT2D eigenvalue weighted by atomic mass is 10.2. The molecular formula is C10H12Cl3NO6S2. The standard InChI is InChI=1S/C10H12Cl3NO6S2/c1-2-18-8(17)20-6(10(11,12)13)9(21,22)7(16)19-4-3-14-5(4)15/h4,6,21-22H,2-3H2,1H3,(H,14,15). The van der Waals surface area contributed by atoms with E-state index >= 15 is 0 Å². The molecule has 1 saturated heterocycles. The molecule has 1 rings (SSSR count). The van der Waals surface area contributed by atoms with E-state index in [1.807, 2.05) is 0 Å². The number of thiol groups is 2. The molecular weight excluding hydrogens is 401 g/mol. The Hall–Kier alpha value is -0.220. The van der Waals surface area contributed by atoms with Crippen molar-refractivity contribution < 1.29 is 28.6 Å². The Bertz CT molecular complexity index is 470. The maximum Gasteiger partial charge on any atom is 0.508 e. The molecule has 1 fully saturated rings. The fraction of sp³-hybridized carbons (Fsp3) is 0.700. The number of hydrogen-bond donors (Lipinski definition) is 3. The summed E-state index contributed by atoms with van der Waals surface area (Å²) in [6.07, 6.45) is -3.92. The Balaban J connectivity index is 2.87. The van der Waals surface area contributed by atoms with Crippen molar-refractivity contribution in [2.45, 2.75) is 27.0 Å². The number of carbonyl (C=O) groups excluding carboxylic acids is 3. The molecule has 0 spiro atoms. The molecule has 2 unspecified atom stereocenters. The highest BCUT2D eigenvalue weighted by molar-refractivity contribution is 8.02. The number of hydrogen-bond acceptors (Lipinski definition) is 8. The van der Waals surface area contributed by atoms with Gasteiger partial charge >= 0.3 is 12.1 Å². The van der Waals surface area contributed by atoms with Crippen molar-refractivity contribution in [3.8, 4) is 0 Å². The van der Waals surface area contributed by atoms with E-state index in [0.29, 0.717) is 0 Å². The van der Waals surface area contributed by atoms with Gasteiger partial charge in [-0.2, -0.15) is 0 Å². The number of amides is 1. The van der Waals surface area contributed by atoms with Crippen LogP contribution in [0, 0.1) is 0 Å². The minimum atomic E-state index is -2.25. The van der Waals surface area contributed by atoms with Crippen LogP contribution in [0.3, 0.4) is 0 Å². The van der Waals surface area contributed by atoms with Gasteiger partial charge < -0.3 is 19.5 Å². The molecule has 1 aliphatic rings. The van der Waals surface area contributed by atoms with Gasteiger partial charge in [0, 0.05) is 0 Å². The van der Waals surface area contributed by atoms with Crippen LogP contribution in [-0.2, 0) is 23.8 Å². The van der Waals surface area contributed by atoms with E-state index in [9.17, 15) is 14.4 Å². The number of halogens is 3. The third kappa shape index (κ3) is 4.89. The van der Waals surface area contributed by atoms with Crippen molar-refractivity contribution in [3.63, 3.8) is 0 Å². The van der Waals surface area contributed by atoms with Gasteiger partial charge in [0.15, 0.2) is 16.3 Å². The quantitative estimate of drug-likeness (QED) is 0.208. The van der Waals surface area contributed by atoms with E-state index in [-0.39, 0.29) is 13.2 Å². The molecule has 126 valence electrons. The van der Waals surface area contributed by atoms with Crippen LogP contribution in [0.1, 0.15) is 6.92 Å². The molecule has 0 aromatic rings. The molecule has 0 bridgehead atoms. The van der Waals surface area contributed by atoms with Gasteiger partial charge in [0.05, 0.1) is 13.2 Å². The maximum absolute atomic E-state index is 12.1. The van der Waals surface area contributed by atoms with Gasteiger partial charge in [0.1, 0.15) is 0 Å². The molecule has 0 saturated carbocycles. The van der Waals surface area contributed by atoms with E-state index in [0.717, 1.165) is 0 Å². The van der Waals surface area contributed by atoms with Crippen molar-refractivity contribution in [2.24, 2.45) is 0 Å². The van der Waals surface area contributed by atoms with E-state index in [2.05, 4.69) is 35.3 Å². The normalized spacial score (nSPS) is 19.5. The smallest absolute Gasteiger partial charge is 0.449 e. The van der Waals surface area contributed by atoms with Gasteiger partial charge in [-0.1, -0.05) is 34.8 Å². The van der Waals surface area contributed by atoms with Gasteiger partial charge in [0.2, 0.25) is 3.79 Å². The Morgan fingerprint density at radius 1 is 1.41 bits per heavy atom. The van der Waals surface area contributed by atoms with Crippen LogP contribution in [0.2, 0.25) is 0 Å². The lowest BCUT2D eigenvalue weighted by Crippen LogP contribution is -2.58. The fourth-order valence-corrected chi connectivity index (χ4v) is 2.99.